The third kappa shape index (κ3) is 2.81. The molecule has 0 fully saturated rings. The molecule has 0 radical (unpaired) electrons. The molecule has 2 aromatic rings. The van der Waals surface area contributed by atoms with Gasteiger partial charge in [0.15, 0.2) is 11.5 Å². The largest absolute Gasteiger partial charge is 0.493 e. The van der Waals surface area contributed by atoms with E-state index < -0.39 is 0 Å². The van der Waals surface area contributed by atoms with Gasteiger partial charge in [0.1, 0.15) is 12.4 Å². The van der Waals surface area contributed by atoms with Crippen LogP contribution in [0.3, 0.4) is 0 Å². The maximum atomic E-state index is 5.71. The Morgan fingerprint density at radius 1 is 0.952 bits per heavy atom. The van der Waals surface area contributed by atoms with Crippen LogP contribution < -0.4 is 19.5 Å². The highest BCUT2D eigenvalue weighted by Gasteiger charge is 2.11. The molecular weight excluding hydrogens is 266 g/mol. The van der Waals surface area contributed by atoms with Gasteiger partial charge in [0, 0.05) is 18.7 Å². The van der Waals surface area contributed by atoms with Gasteiger partial charge in [-0.3, -0.25) is 0 Å². The number of nitrogens with one attached hydrogen (secondary N) is 1. The normalized spacial score (nSPS) is 13.8. The van der Waals surface area contributed by atoms with E-state index >= 15 is 0 Å². The lowest BCUT2D eigenvalue weighted by Crippen LogP contribution is -2.16. The van der Waals surface area contributed by atoms with Gasteiger partial charge in [0.25, 0.3) is 0 Å². The van der Waals surface area contributed by atoms with Gasteiger partial charge in [-0.1, -0.05) is 12.1 Å². The minimum Gasteiger partial charge on any atom is -0.493 e. The van der Waals surface area contributed by atoms with Crippen LogP contribution in [0.15, 0.2) is 36.4 Å². The Morgan fingerprint density at radius 2 is 1.71 bits per heavy atom. The molecule has 0 bridgehead atoms. The fraction of sp³-hybridized carbons (Fsp3) is 0.294. The fourth-order valence-corrected chi connectivity index (χ4v) is 2.51. The van der Waals surface area contributed by atoms with Gasteiger partial charge in [-0.25, -0.2) is 0 Å². The second kappa shape index (κ2) is 6.06. The zero-order chi connectivity index (χ0) is 14.7. The number of benzene rings is 2. The summed E-state index contributed by atoms with van der Waals surface area (Å²) in [5, 5.41) is 3.35. The van der Waals surface area contributed by atoms with Crippen LogP contribution in [-0.4, -0.2) is 27.4 Å². The number of fused-ring (bicyclic) bond motifs is 1. The second-order valence-electron chi connectivity index (χ2n) is 4.92. The van der Waals surface area contributed by atoms with Crippen molar-refractivity contribution in [1.29, 1.82) is 0 Å². The average Bonchev–Trinajstić information content (AvgIpc) is 2.78. The van der Waals surface area contributed by atoms with E-state index in [2.05, 4.69) is 17.4 Å². The van der Waals surface area contributed by atoms with E-state index in [1.54, 1.807) is 14.2 Å². The summed E-state index contributed by atoms with van der Waals surface area (Å²) >= 11 is 0. The minimum absolute atomic E-state index is 0.711. The quantitative estimate of drug-likeness (QED) is 0.941. The van der Waals surface area contributed by atoms with Crippen molar-refractivity contribution in [3.63, 3.8) is 0 Å². The summed E-state index contributed by atoms with van der Waals surface area (Å²) in [4.78, 5) is 0. The van der Waals surface area contributed by atoms with Gasteiger partial charge in [-0.05, 0) is 35.4 Å². The molecule has 0 spiro atoms. The van der Waals surface area contributed by atoms with Gasteiger partial charge in [0.2, 0.25) is 0 Å². The van der Waals surface area contributed by atoms with Crippen LogP contribution in [-0.2, 0) is 6.54 Å². The summed E-state index contributed by atoms with van der Waals surface area (Å²) in [6, 6.07) is 12.2. The van der Waals surface area contributed by atoms with Crippen molar-refractivity contribution in [2.75, 3.05) is 27.4 Å². The van der Waals surface area contributed by atoms with Gasteiger partial charge in [-0.15, -0.1) is 0 Å². The number of hydrogen-bond donors (Lipinski definition) is 1. The lowest BCUT2D eigenvalue weighted by atomic mass is 10.0. The first-order valence-electron chi connectivity index (χ1n) is 7.00. The topological polar surface area (TPSA) is 39.7 Å². The van der Waals surface area contributed by atoms with Gasteiger partial charge >= 0.3 is 0 Å². The maximum Gasteiger partial charge on any atom is 0.161 e. The summed E-state index contributed by atoms with van der Waals surface area (Å²) in [5.41, 5.74) is 3.42. The predicted molar refractivity (Wildman–Crippen MR) is 82.2 cm³/mol. The SMILES string of the molecule is COc1ccc(-c2ccc3c(c2)CNCCO3)cc1OC. The molecule has 3 rings (SSSR count). The first-order valence-corrected chi connectivity index (χ1v) is 7.00. The van der Waals surface area contributed by atoms with Gasteiger partial charge < -0.3 is 19.5 Å². The molecule has 110 valence electrons. The zero-order valence-corrected chi connectivity index (χ0v) is 12.3. The minimum atomic E-state index is 0.711. The monoisotopic (exact) mass is 285 g/mol. The molecule has 2 aromatic carbocycles. The van der Waals surface area contributed by atoms with Crippen LogP contribution in [0, 0.1) is 0 Å². The molecule has 21 heavy (non-hydrogen) atoms. The lowest BCUT2D eigenvalue weighted by molar-refractivity contribution is 0.326. The molecular formula is C17H19NO3. The second-order valence-corrected chi connectivity index (χ2v) is 4.92. The van der Waals surface area contributed by atoms with Crippen LogP contribution in [0.1, 0.15) is 5.56 Å². The highest BCUT2D eigenvalue weighted by molar-refractivity contribution is 5.69. The molecule has 4 nitrogen and oxygen atoms in total. The van der Waals surface area contributed by atoms with Crippen molar-refractivity contribution in [2.24, 2.45) is 0 Å². The highest BCUT2D eigenvalue weighted by Crippen LogP contribution is 2.34. The third-order valence-electron chi connectivity index (χ3n) is 3.63. The molecule has 0 saturated heterocycles. The molecule has 1 N–H and O–H groups in total. The molecule has 1 heterocycles. The maximum absolute atomic E-state index is 5.71. The molecule has 4 heteroatoms. The van der Waals surface area contributed by atoms with Crippen molar-refractivity contribution in [3.05, 3.63) is 42.0 Å². The van der Waals surface area contributed by atoms with Gasteiger partial charge in [0.05, 0.1) is 14.2 Å². The van der Waals surface area contributed by atoms with Crippen molar-refractivity contribution in [3.8, 4) is 28.4 Å². The molecule has 0 saturated carbocycles. The Labute approximate surface area is 124 Å². The van der Waals surface area contributed by atoms with Crippen molar-refractivity contribution in [1.82, 2.24) is 5.32 Å². The Morgan fingerprint density at radius 3 is 2.52 bits per heavy atom. The van der Waals surface area contributed by atoms with Crippen LogP contribution >= 0.6 is 0 Å². The van der Waals surface area contributed by atoms with Crippen LogP contribution in [0.2, 0.25) is 0 Å². The average molecular weight is 285 g/mol. The van der Waals surface area contributed by atoms with Crippen molar-refractivity contribution in [2.45, 2.75) is 6.54 Å². The van der Waals surface area contributed by atoms with E-state index in [-0.39, 0.29) is 0 Å². The van der Waals surface area contributed by atoms with E-state index in [1.165, 1.54) is 5.56 Å². The number of ether oxygens (including phenoxy) is 3. The summed E-state index contributed by atoms with van der Waals surface area (Å²) in [6.45, 7) is 2.42. The van der Waals surface area contributed by atoms with Gasteiger partial charge in [-0.2, -0.15) is 0 Å². The van der Waals surface area contributed by atoms with Crippen LogP contribution in [0.25, 0.3) is 11.1 Å². The standard InChI is InChI=1S/C17H19NO3/c1-19-16-6-4-13(10-17(16)20-2)12-3-5-15-14(9-12)11-18-7-8-21-15/h3-6,9-10,18H,7-8,11H2,1-2H3. The molecule has 0 aliphatic carbocycles. The fourth-order valence-electron chi connectivity index (χ4n) is 2.51. The van der Waals surface area contributed by atoms with Crippen molar-refractivity contribution < 1.29 is 14.2 Å². The Kier molecular flexibility index (Phi) is 3.97. The Balaban J connectivity index is 1.98. The molecule has 0 unspecified atom stereocenters. The number of methoxy groups -OCH3 is 2. The predicted octanol–water partition coefficient (Wildman–Crippen LogP) is 2.85. The van der Waals surface area contributed by atoms with E-state index in [4.69, 9.17) is 14.2 Å². The van der Waals surface area contributed by atoms with E-state index in [0.717, 1.165) is 41.5 Å². The first-order chi connectivity index (χ1) is 10.3. The first kappa shape index (κ1) is 13.8. The molecule has 0 amide bonds. The Hall–Kier alpha value is -2.20. The summed E-state index contributed by atoms with van der Waals surface area (Å²) in [6.07, 6.45) is 0. The number of hydrogen-bond acceptors (Lipinski definition) is 4. The molecule has 0 atom stereocenters. The lowest BCUT2D eigenvalue weighted by Gasteiger charge is -2.12. The van der Waals surface area contributed by atoms with E-state index in [1.807, 2.05) is 24.3 Å². The highest BCUT2D eigenvalue weighted by atomic mass is 16.5. The van der Waals surface area contributed by atoms with Crippen molar-refractivity contribution >= 4 is 0 Å². The number of rotatable bonds is 3. The van der Waals surface area contributed by atoms with Crippen LogP contribution in [0.4, 0.5) is 0 Å². The zero-order valence-electron chi connectivity index (χ0n) is 12.3. The smallest absolute Gasteiger partial charge is 0.161 e. The Bertz CT molecular complexity index is 640. The molecule has 1 aliphatic rings. The summed E-state index contributed by atoms with van der Waals surface area (Å²) < 4.78 is 16.4. The molecule has 0 aromatic heterocycles. The van der Waals surface area contributed by atoms with E-state index in [9.17, 15) is 0 Å². The third-order valence-corrected chi connectivity index (χ3v) is 3.63. The van der Waals surface area contributed by atoms with Crippen LogP contribution in [0.5, 0.6) is 17.2 Å². The molecule has 1 aliphatic heterocycles. The summed E-state index contributed by atoms with van der Waals surface area (Å²) in [7, 11) is 3.29. The summed E-state index contributed by atoms with van der Waals surface area (Å²) in [5.74, 6) is 2.43. The van der Waals surface area contributed by atoms with E-state index in [0.29, 0.717) is 6.61 Å².